The lowest BCUT2D eigenvalue weighted by molar-refractivity contribution is -0.186. The van der Waals surface area contributed by atoms with Gasteiger partial charge in [0, 0.05) is 5.92 Å². The summed E-state index contributed by atoms with van der Waals surface area (Å²) in [7, 11) is -4.31. The largest absolute Gasteiger partial charge is 0.444 e. The van der Waals surface area contributed by atoms with E-state index in [1.165, 1.54) is 0 Å². The van der Waals surface area contributed by atoms with Crippen LogP contribution in [-0.4, -0.2) is 65.1 Å². The van der Waals surface area contributed by atoms with Crippen molar-refractivity contribution in [3.05, 3.63) is 0 Å². The number of alkyl carbamates (subject to hydrolysis) is 1. The highest BCUT2D eigenvalue weighted by atomic mass is 28.4. The Morgan fingerprint density at radius 2 is 1.31 bits per heavy atom. The second-order valence-corrected chi connectivity index (χ2v) is 24.3. The lowest BCUT2D eigenvalue weighted by Crippen LogP contribution is -2.75. The van der Waals surface area contributed by atoms with Crippen molar-refractivity contribution in [1.29, 1.82) is 0 Å². The zero-order valence-corrected chi connectivity index (χ0v) is 27.0. The summed E-state index contributed by atoms with van der Waals surface area (Å²) in [6.45, 7) is 32.3. The number of carbonyl (C=O) groups is 1. The molecule has 2 fully saturated rings. The van der Waals surface area contributed by atoms with Crippen molar-refractivity contribution < 1.29 is 27.9 Å². The molecule has 35 heavy (non-hydrogen) atoms. The van der Waals surface area contributed by atoms with Crippen LogP contribution in [0.4, 0.5) is 4.79 Å². The molecule has 1 amide bonds. The molecule has 0 spiro atoms. The van der Waals surface area contributed by atoms with E-state index in [2.05, 4.69) is 73.0 Å². The van der Waals surface area contributed by atoms with Crippen molar-refractivity contribution in [2.24, 2.45) is 5.92 Å². The lowest BCUT2D eigenvalue weighted by Gasteiger charge is -2.58. The van der Waals surface area contributed by atoms with Gasteiger partial charge in [-0.15, -0.1) is 0 Å². The molecular weight excluding hydrogens is 478 g/mol. The van der Waals surface area contributed by atoms with E-state index in [9.17, 15) is 4.79 Å². The van der Waals surface area contributed by atoms with Gasteiger partial charge in [0.15, 0.2) is 22.4 Å². The van der Waals surface area contributed by atoms with E-state index in [4.69, 9.17) is 23.1 Å². The third kappa shape index (κ3) is 7.32. The number of hydrogen-bond donors (Lipinski definition) is 1. The average molecular weight is 532 g/mol. The van der Waals surface area contributed by atoms with E-state index in [1.54, 1.807) is 0 Å². The summed E-state index contributed by atoms with van der Waals surface area (Å²) in [5, 5.41) is 3.20. The molecule has 7 nitrogen and oxygen atoms in total. The molecular formula is C26H53NO6Si2. The van der Waals surface area contributed by atoms with Crippen LogP contribution in [0.1, 0.15) is 76.2 Å². The molecule has 1 N–H and O–H groups in total. The van der Waals surface area contributed by atoms with Gasteiger partial charge in [-0.25, -0.2) is 4.79 Å². The first kappa shape index (κ1) is 30.8. The van der Waals surface area contributed by atoms with Gasteiger partial charge < -0.3 is 28.4 Å². The van der Waals surface area contributed by atoms with Gasteiger partial charge in [0.05, 0.1) is 31.0 Å². The maximum Gasteiger partial charge on any atom is 0.407 e. The fourth-order valence-electron chi connectivity index (χ4n) is 3.99. The first-order valence-electron chi connectivity index (χ1n) is 13.0. The van der Waals surface area contributed by atoms with Gasteiger partial charge in [-0.3, -0.25) is 0 Å². The number of nitrogens with one attached hydrogen (secondary N) is 1. The molecule has 0 aromatic heterocycles. The van der Waals surface area contributed by atoms with E-state index in [0.29, 0.717) is 6.61 Å². The standard InChI is InChI=1S/C26H53NO6Si2/c1-23(2,3)31-22(28)27-19-18(17-16-29-26(10,11)30-17)20(32-34(12,13)24(4,5)6)21(19)33-35(14,15)25(7,8)9/h17-21H,16H2,1-15H3,(H,27,28)/t17-,18-,19+,20-,21-/m0/s1. The van der Waals surface area contributed by atoms with Crippen molar-refractivity contribution >= 4 is 22.7 Å². The number of amides is 1. The minimum Gasteiger partial charge on any atom is -0.444 e. The fourth-order valence-corrected chi connectivity index (χ4v) is 6.63. The van der Waals surface area contributed by atoms with Gasteiger partial charge in [0.25, 0.3) is 0 Å². The number of carbonyl (C=O) groups excluding carboxylic acids is 1. The number of hydrogen-bond acceptors (Lipinski definition) is 6. The minimum absolute atomic E-state index is 0.0189. The normalized spacial score (nSPS) is 30.1. The van der Waals surface area contributed by atoms with Crippen molar-refractivity contribution in [1.82, 2.24) is 5.32 Å². The zero-order valence-electron chi connectivity index (χ0n) is 25.0. The minimum atomic E-state index is -2.17. The molecule has 0 unspecified atom stereocenters. The van der Waals surface area contributed by atoms with Gasteiger partial charge >= 0.3 is 6.09 Å². The van der Waals surface area contributed by atoms with Gasteiger partial charge in [-0.1, -0.05) is 41.5 Å². The third-order valence-electron chi connectivity index (χ3n) is 8.09. The van der Waals surface area contributed by atoms with Gasteiger partial charge in [-0.05, 0) is 70.9 Å². The molecule has 0 radical (unpaired) electrons. The SMILES string of the molecule is CC(C)(C)OC(=O)N[C@H]1[C@H](O[Si](C)(C)C(C)(C)C)[C@@H](O[Si](C)(C)C(C)(C)C)[C@H]1[C@@H]1COC(C)(C)O1. The first-order valence-corrected chi connectivity index (χ1v) is 18.9. The van der Waals surface area contributed by atoms with Crippen LogP contribution in [0.3, 0.4) is 0 Å². The Hall–Kier alpha value is -0.456. The molecule has 1 aliphatic carbocycles. The fraction of sp³-hybridized carbons (Fsp3) is 0.962. The molecule has 1 saturated carbocycles. The van der Waals surface area contributed by atoms with Crippen molar-refractivity contribution in [3.8, 4) is 0 Å². The van der Waals surface area contributed by atoms with Crippen LogP contribution in [0.25, 0.3) is 0 Å². The van der Waals surface area contributed by atoms with Crippen LogP contribution in [0.5, 0.6) is 0 Å². The molecule has 2 rings (SSSR count). The molecule has 0 bridgehead atoms. The Morgan fingerprint density at radius 3 is 1.69 bits per heavy atom. The monoisotopic (exact) mass is 531 g/mol. The van der Waals surface area contributed by atoms with Crippen LogP contribution < -0.4 is 5.32 Å². The average Bonchev–Trinajstić information content (AvgIpc) is 2.94. The third-order valence-corrected chi connectivity index (χ3v) is 17.0. The second-order valence-electron chi connectivity index (χ2n) is 14.8. The van der Waals surface area contributed by atoms with E-state index >= 15 is 0 Å². The van der Waals surface area contributed by atoms with Crippen molar-refractivity contribution in [2.75, 3.05) is 6.61 Å². The Balaban J connectivity index is 2.46. The van der Waals surface area contributed by atoms with Crippen molar-refractivity contribution in [3.63, 3.8) is 0 Å². The first-order chi connectivity index (χ1) is 15.4. The maximum atomic E-state index is 12.9. The molecule has 2 aliphatic rings. The quantitative estimate of drug-likeness (QED) is 0.397. The molecule has 206 valence electrons. The predicted octanol–water partition coefficient (Wildman–Crippen LogP) is 6.44. The van der Waals surface area contributed by atoms with E-state index in [-0.39, 0.29) is 40.3 Å². The Bertz CT molecular complexity index is 763. The summed E-state index contributed by atoms with van der Waals surface area (Å²) >= 11 is 0. The van der Waals surface area contributed by atoms with Crippen LogP contribution >= 0.6 is 0 Å². The Kier molecular flexibility index (Phi) is 8.52. The maximum absolute atomic E-state index is 12.9. The molecule has 0 aromatic rings. The summed E-state index contributed by atoms with van der Waals surface area (Å²) in [6, 6.07) is -0.295. The van der Waals surface area contributed by atoms with Gasteiger partial charge in [0.1, 0.15) is 5.60 Å². The Morgan fingerprint density at radius 1 is 0.857 bits per heavy atom. The highest BCUT2D eigenvalue weighted by molar-refractivity contribution is 6.74. The summed E-state index contributed by atoms with van der Waals surface area (Å²) in [5.74, 6) is -0.776. The summed E-state index contributed by atoms with van der Waals surface area (Å²) < 4.78 is 31.9. The second kappa shape index (κ2) is 9.69. The molecule has 1 saturated heterocycles. The Labute approximate surface area is 216 Å². The number of rotatable bonds is 6. The topological polar surface area (TPSA) is 75.3 Å². The van der Waals surface area contributed by atoms with Crippen LogP contribution in [0.2, 0.25) is 36.3 Å². The van der Waals surface area contributed by atoms with E-state index < -0.39 is 34.1 Å². The summed E-state index contributed by atoms with van der Waals surface area (Å²) in [6.07, 6.45) is -1.14. The van der Waals surface area contributed by atoms with Gasteiger partial charge in [0.2, 0.25) is 0 Å². The lowest BCUT2D eigenvalue weighted by atomic mass is 9.70. The molecule has 9 heteroatoms. The number of ether oxygens (including phenoxy) is 3. The van der Waals surface area contributed by atoms with E-state index in [0.717, 1.165) is 0 Å². The molecule has 0 aromatic carbocycles. The van der Waals surface area contributed by atoms with Crippen LogP contribution in [0.15, 0.2) is 0 Å². The van der Waals surface area contributed by atoms with Gasteiger partial charge in [-0.2, -0.15) is 0 Å². The highest BCUT2D eigenvalue weighted by Crippen LogP contribution is 2.49. The molecule has 1 heterocycles. The summed E-state index contributed by atoms with van der Waals surface area (Å²) in [4.78, 5) is 12.9. The smallest absolute Gasteiger partial charge is 0.407 e. The molecule has 5 atom stereocenters. The predicted molar refractivity (Wildman–Crippen MR) is 146 cm³/mol. The van der Waals surface area contributed by atoms with Crippen LogP contribution in [-0.2, 0) is 23.1 Å². The zero-order chi connectivity index (χ0) is 27.4. The summed E-state index contributed by atoms with van der Waals surface area (Å²) in [5.41, 5.74) is -0.592. The van der Waals surface area contributed by atoms with Crippen molar-refractivity contribution in [2.45, 2.75) is 148 Å². The van der Waals surface area contributed by atoms with Crippen LogP contribution in [0, 0.1) is 5.92 Å². The van der Waals surface area contributed by atoms with E-state index in [1.807, 2.05) is 34.6 Å². The highest BCUT2D eigenvalue weighted by Gasteiger charge is 2.62. The molecule has 1 aliphatic heterocycles.